The van der Waals surface area contributed by atoms with Crippen LogP contribution >= 0.6 is 0 Å². The number of halogens is 5. The molecule has 36 heavy (non-hydrogen) atoms. The van der Waals surface area contributed by atoms with Crippen LogP contribution in [0, 0.1) is 24.4 Å². The Labute approximate surface area is 217 Å². The van der Waals surface area contributed by atoms with Crippen molar-refractivity contribution in [2.45, 2.75) is 12.7 Å². The molecule has 0 N–H and O–H groups in total. The number of para-hydroxylation sites is 2. The smallest absolute Gasteiger partial charge is 0.413 e. The SMILES string of the molecule is C[N@+]12[CH-][N@+](Cc3[c-]cc(F)cc3F)(C1)c1ccccc12.FC(F)(F)c1n[n-]c(-c2ccccn2)n1.[Ir+3]. The Morgan fingerprint density at radius 2 is 1.78 bits per heavy atom. The molecule has 0 unspecified atom stereocenters. The molecule has 2 atom stereocenters. The average Bonchev–Trinajstić information content (AvgIpc) is 3.46. The molecule has 1 fully saturated rings. The molecular weight excluding hydrogens is 660 g/mol. The molecular formula is C24H18F5IrN6+2. The van der Waals surface area contributed by atoms with E-state index in [1.807, 2.05) is 12.1 Å². The summed E-state index contributed by atoms with van der Waals surface area (Å²) in [5.74, 6) is -2.47. The molecule has 3 aliphatic rings. The number of nitrogens with zero attached hydrogens (tertiary/aromatic N) is 6. The van der Waals surface area contributed by atoms with E-state index in [4.69, 9.17) is 0 Å². The molecule has 12 heteroatoms. The van der Waals surface area contributed by atoms with Gasteiger partial charge in [-0.25, -0.2) is 0 Å². The molecule has 5 heterocycles. The maximum absolute atomic E-state index is 13.9. The minimum atomic E-state index is -4.57. The van der Waals surface area contributed by atoms with Gasteiger partial charge in [-0.3, -0.25) is 18.9 Å². The molecule has 1 saturated heterocycles. The average molecular weight is 678 g/mol. The Bertz CT molecular complexity index is 1370. The van der Waals surface area contributed by atoms with E-state index in [0.717, 1.165) is 17.2 Å². The summed E-state index contributed by atoms with van der Waals surface area (Å²) in [5.41, 5.74) is 3.16. The zero-order valence-corrected chi connectivity index (χ0v) is 21.1. The molecule has 0 spiro atoms. The Kier molecular flexibility index (Phi) is 6.82. The van der Waals surface area contributed by atoms with Crippen LogP contribution in [0.4, 0.5) is 33.3 Å². The minimum Gasteiger partial charge on any atom is -0.413 e. The van der Waals surface area contributed by atoms with Crippen LogP contribution in [0.1, 0.15) is 11.4 Å². The van der Waals surface area contributed by atoms with Crippen LogP contribution in [0.3, 0.4) is 0 Å². The first-order valence-electron chi connectivity index (χ1n) is 10.5. The van der Waals surface area contributed by atoms with Crippen molar-refractivity contribution >= 4 is 11.4 Å². The number of rotatable bonds is 3. The predicted octanol–water partition coefficient (Wildman–Crippen LogP) is 4.83. The van der Waals surface area contributed by atoms with Crippen molar-refractivity contribution in [2.75, 3.05) is 13.7 Å². The molecule has 6 nitrogen and oxygen atoms in total. The number of hydrogen-bond acceptors (Lipinski definition) is 3. The van der Waals surface area contributed by atoms with Crippen LogP contribution in [0.5, 0.6) is 0 Å². The Morgan fingerprint density at radius 3 is 2.39 bits per heavy atom. The van der Waals surface area contributed by atoms with Gasteiger partial charge in [0.2, 0.25) is 0 Å². The number of pyridine rings is 1. The number of quaternary nitrogens is 2. The van der Waals surface area contributed by atoms with Gasteiger partial charge in [-0.15, -0.1) is 12.1 Å². The first-order valence-corrected chi connectivity index (χ1v) is 10.5. The summed E-state index contributed by atoms with van der Waals surface area (Å²) >= 11 is 0. The third-order valence-corrected chi connectivity index (χ3v) is 5.91. The number of hydrogen-bond donors (Lipinski definition) is 0. The number of aromatic nitrogens is 4. The quantitative estimate of drug-likeness (QED) is 0.177. The third kappa shape index (κ3) is 4.69. The van der Waals surface area contributed by atoms with E-state index in [0.29, 0.717) is 16.6 Å². The molecule has 4 aromatic rings. The molecule has 0 aliphatic carbocycles. The molecule has 3 aliphatic heterocycles. The van der Waals surface area contributed by atoms with Crippen LogP contribution in [-0.2, 0) is 32.8 Å². The van der Waals surface area contributed by atoms with Gasteiger partial charge in [0.25, 0.3) is 0 Å². The fraction of sp³-hybridized carbons (Fsp3) is 0.167. The van der Waals surface area contributed by atoms with E-state index in [-0.39, 0.29) is 31.6 Å². The van der Waals surface area contributed by atoms with Crippen molar-refractivity contribution in [2.24, 2.45) is 0 Å². The summed E-state index contributed by atoms with van der Waals surface area (Å²) in [6.07, 6.45) is -3.13. The topological polar surface area (TPSA) is 52.8 Å². The van der Waals surface area contributed by atoms with E-state index in [9.17, 15) is 22.0 Å². The summed E-state index contributed by atoms with van der Waals surface area (Å²) in [6, 6.07) is 17.9. The monoisotopic (exact) mass is 678 g/mol. The molecule has 2 aromatic carbocycles. The molecule has 7 rings (SSSR count). The molecule has 2 bridgehead atoms. The Hall–Kier alpha value is -3.05. The number of benzene rings is 2. The zero-order chi connectivity index (χ0) is 24.8. The predicted molar refractivity (Wildman–Crippen MR) is 118 cm³/mol. The van der Waals surface area contributed by atoms with Crippen molar-refractivity contribution in [1.29, 1.82) is 0 Å². The molecule has 0 amide bonds. The van der Waals surface area contributed by atoms with Crippen molar-refractivity contribution in [1.82, 2.24) is 29.1 Å². The van der Waals surface area contributed by atoms with E-state index < -0.39 is 23.6 Å². The molecule has 0 saturated carbocycles. The van der Waals surface area contributed by atoms with Crippen molar-refractivity contribution < 1.29 is 42.1 Å². The van der Waals surface area contributed by atoms with Gasteiger partial charge in [-0.05, 0) is 18.0 Å². The van der Waals surface area contributed by atoms with Crippen molar-refractivity contribution in [3.8, 4) is 11.5 Å². The summed E-state index contributed by atoms with van der Waals surface area (Å²) in [5, 5.41) is 6.25. The summed E-state index contributed by atoms with van der Waals surface area (Å²) < 4.78 is 64.6. The van der Waals surface area contributed by atoms with Crippen molar-refractivity contribution in [3.05, 3.63) is 96.6 Å². The van der Waals surface area contributed by atoms with Gasteiger partial charge in [-0.2, -0.15) is 19.2 Å². The largest absolute Gasteiger partial charge is 3.00 e. The van der Waals surface area contributed by atoms with Crippen LogP contribution in [0.2, 0.25) is 0 Å². The summed E-state index contributed by atoms with van der Waals surface area (Å²) in [6.45, 7) is 3.56. The normalized spacial score (nSPS) is 21.5. The van der Waals surface area contributed by atoms with Crippen molar-refractivity contribution in [3.63, 3.8) is 0 Å². The van der Waals surface area contributed by atoms with Crippen LogP contribution in [0.25, 0.3) is 11.5 Å². The second-order valence-electron chi connectivity index (χ2n) is 8.52. The first kappa shape index (κ1) is 26.0. The summed E-state index contributed by atoms with van der Waals surface area (Å²) in [4.78, 5) is 7.05. The van der Waals surface area contributed by atoms with E-state index in [1.165, 1.54) is 29.7 Å². The molecule has 0 radical (unpaired) electrons. The zero-order valence-electron chi connectivity index (χ0n) is 18.7. The van der Waals surface area contributed by atoms with Gasteiger partial charge in [0.1, 0.15) is 5.82 Å². The van der Waals surface area contributed by atoms with Gasteiger partial charge < -0.3 is 19.0 Å². The van der Waals surface area contributed by atoms with Gasteiger partial charge >= 0.3 is 26.3 Å². The summed E-state index contributed by atoms with van der Waals surface area (Å²) in [7, 11) is 2.15. The van der Waals surface area contributed by atoms with Crippen LogP contribution < -0.4 is 14.1 Å². The maximum atomic E-state index is 13.9. The van der Waals surface area contributed by atoms with E-state index in [2.05, 4.69) is 52.1 Å². The standard InChI is InChI=1S/C16H14F2N2.C8H4F3N4.Ir/c1-19-10-20(11-19,16-5-3-2-4-15(16)19)9-12-6-7-13(17)8-14(12)18;9-8(10,11)7-13-6(14-15-7)5-3-1-2-4-12-5;/h2-5,7-8,10H,9,11H2,1H3;1-4H;/q;-1;+3/t19-,20+;;/m0../s1. The second kappa shape index (κ2) is 9.44. The van der Waals surface area contributed by atoms with Crippen LogP contribution in [-0.4, -0.2) is 28.8 Å². The van der Waals surface area contributed by atoms with E-state index >= 15 is 0 Å². The Balaban J connectivity index is 0.000000172. The Morgan fingerprint density at radius 1 is 1.08 bits per heavy atom. The van der Waals surface area contributed by atoms with E-state index in [1.54, 1.807) is 12.1 Å². The fourth-order valence-electron chi connectivity index (χ4n) is 4.56. The van der Waals surface area contributed by atoms with Gasteiger partial charge in [0.15, 0.2) is 18.0 Å². The minimum absolute atomic E-state index is 0. The molecule has 2 aromatic heterocycles. The van der Waals surface area contributed by atoms with Gasteiger partial charge in [-0.1, -0.05) is 23.8 Å². The first-order chi connectivity index (χ1) is 16.6. The van der Waals surface area contributed by atoms with Gasteiger partial charge in [0, 0.05) is 30.0 Å². The third-order valence-electron chi connectivity index (χ3n) is 5.91. The molecule has 186 valence electrons. The second-order valence-corrected chi connectivity index (χ2v) is 8.52. The fourth-order valence-corrected chi connectivity index (χ4v) is 4.56. The number of alkyl halides is 3. The van der Waals surface area contributed by atoms with Crippen LogP contribution in [0.15, 0.2) is 60.8 Å². The van der Waals surface area contributed by atoms with Gasteiger partial charge in [0.05, 0.1) is 26.0 Å². The maximum Gasteiger partial charge on any atom is 3.00 e.